The molecule has 1 saturated heterocycles. The summed E-state index contributed by atoms with van der Waals surface area (Å²) in [6.07, 6.45) is 0. The summed E-state index contributed by atoms with van der Waals surface area (Å²) >= 11 is 1.41. The van der Waals surface area contributed by atoms with Crippen LogP contribution in [0.4, 0.5) is 5.69 Å². The van der Waals surface area contributed by atoms with Crippen molar-refractivity contribution in [3.8, 4) is 28.7 Å². The molecule has 1 aliphatic heterocycles. The Morgan fingerprint density at radius 1 is 0.800 bits per heavy atom. The maximum Gasteiger partial charge on any atom is 0.255 e. The molecule has 1 fully saturated rings. The summed E-state index contributed by atoms with van der Waals surface area (Å²) in [6.45, 7) is 4.18. The predicted octanol–water partition coefficient (Wildman–Crippen LogP) is 5.54. The summed E-state index contributed by atoms with van der Waals surface area (Å²) in [7, 11) is 6.26. The van der Waals surface area contributed by atoms with E-state index in [1.54, 1.807) is 24.1 Å². The molecule has 0 bridgehead atoms. The first-order valence-corrected chi connectivity index (χ1v) is 11.7. The summed E-state index contributed by atoms with van der Waals surface area (Å²) in [4.78, 5) is 13.2. The van der Waals surface area contributed by atoms with Crippen LogP contribution in [-0.4, -0.2) is 40.9 Å². The maximum absolute atomic E-state index is 11.6. The van der Waals surface area contributed by atoms with Crippen LogP contribution < -0.4 is 28.0 Å². The standard InChI is InChI=1S/C14H14O2S.C13H15NO4/c1-15-13-9-5-6-10-14(13)16-17-11-12-7-3-2-4-8-12;1-8-7-14(13(8)15)9-5-10(16-2)12(18-4)11(6-9)17-3/h2-10H,11H2,1H3;5-6H,1,7H2,2-4H3. The van der Waals surface area contributed by atoms with Gasteiger partial charge >= 0.3 is 0 Å². The van der Waals surface area contributed by atoms with Gasteiger partial charge < -0.3 is 28.0 Å². The SMILES string of the molecule is C=C1CN(c2cc(OC)c(OC)c(OC)c2)C1=O.COc1ccccc1OSCc1ccccc1. The Kier molecular flexibility index (Phi) is 9.31. The van der Waals surface area contributed by atoms with Gasteiger partial charge in [-0.15, -0.1) is 0 Å². The molecule has 4 rings (SSSR count). The van der Waals surface area contributed by atoms with Crippen molar-refractivity contribution in [1.82, 2.24) is 0 Å². The first kappa shape index (κ1) is 25.8. The lowest BCUT2D eigenvalue weighted by molar-refractivity contribution is -0.117. The first-order chi connectivity index (χ1) is 17.0. The fraction of sp³-hybridized carbons (Fsp3) is 0.222. The van der Waals surface area contributed by atoms with Crippen molar-refractivity contribution >= 4 is 23.6 Å². The second-order valence-corrected chi connectivity index (χ2v) is 8.05. The van der Waals surface area contributed by atoms with Crippen LogP contribution in [0.2, 0.25) is 0 Å². The molecule has 0 aliphatic carbocycles. The highest BCUT2D eigenvalue weighted by molar-refractivity contribution is 7.94. The van der Waals surface area contributed by atoms with Gasteiger partial charge in [0.15, 0.2) is 23.0 Å². The van der Waals surface area contributed by atoms with E-state index in [1.165, 1.54) is 38.9 Å². The molecule has 0 atom stereocenters. The number of nitrogens with zero attached hydrogens (tertiary/aromatic N) is 1. The van der Waals surface area contributed by atoms with Gasteiger partial charge in [-0.3, -0.25) is 4.79 Å². The average Bonchev–Trinajstić information content (AvgIpc) is 2.91. The number of hydrogen-bond acceptors (Lipinski definition) is 7. The third-order valence-electron chi connectivity index (χ3n) is 5.14. The predicted molar refractivity (Wildman–Crippen MR) is 139 cm³/mol. The maximum atomic E-state index is 11.6. The smallest absolute Gasteiger partial charge is 0.255 e. The summed E-state index contributed by atoms with van der Waals surface area (Å²) in [5, 5.41) is 0. The number of hydrogen-bond donors (Lipinski definition) is 0. The van der Waals surface area contributed by atoms with Gasteiger partial charge in [0.1, 0.15) is 0 Å². The highest BCUT2D eigenvalue weighted by Gasteiger charge is 2.31. The van der Waals surface area contributed by atoms with Crippen molar-refractivity contribution in [3.05, 3.63) is 84.4 Å². The molecule has 1 heterocycles. The lowest BCUT2D eigenvalue weighted by atomic mass is 10.1. The Hall–Kier alpha value is -3.78. The molecule has 0 saturated carbocycles. The van der Waals surface area contributed by atoms with E-state index in [0.717, 1.165) is 17.3 Å². The van der Waals surface area contributed by atoms with Crippen LogP contribution in [0.15, 0.2) is 78.9 Å². The second-order valence-electron chi connectivity index (χ2n) is 7.36. The van der Waals surface area contributed by atoms with Gasteiger partial charge in [-0.05, 0) is 17.7 Å². The Balaban J connectivity index is 0.000000196. The molecule has 3 aromatic carbocycles. The van der Waals surface area contributed by atoms with Gasteiger partial charge in [-0.2, -0.15) is 0 Å². The normalized spacial score (nSPS) is 12.2. The number of ether oxygens (including phenoxy) is 4. The van der Waals surface area contributed by atoms with Crippen LogP contribution in [-0.2, 0) is 10.5 Å². The molecular formula is C27H29NO6S. The summed E-state index contributed by atoms with van der Waals surface area (Å²) in [5.41, 5.74) is 2.55. The van der Waals surface area contributed by atoms with E-state index in [9.17, 15) is 4.79 Å². The van der Waals surface area contributed by atoms with Gasteiger partial charge in [0.2, 0.25) is 5.75 Å². The highest BCUT2D eigenvalue weighted by atomic mass is 32.2. The average molecular weight is 496 g/mol. The fourth-order valence-corrected chi connectivity index (χ4v) is 3.94. The summed E-state index contributed by atoms with van der Waals surface area (Å²) in [6, 6.07) is 21.4. The number of carbonyl (C=O) groups is 1. The molecule has 1 amide bonds. The van der Waals surface area contributed by atoms with Gasteiger partial charge in [0.05, 0.1) is 58.5 Å². The quantitative estimate of drug-likeness (QED) is 0.219. The van der Waals surface area contributed by atoms with Gasteiger partial charge in [0.25, 0.3) is 5.91 Å². The van der Waals surface area contributed by atoms with E-state index in [4.69, 9.17) is 23.1 Å². The van der Waals surface area contributed by atoms with E-state index in [-0.39, 0.29) is 5.91 Å². The van der Waals surface area contributed by atoms with Crippen LogP contribution in [0.3, 0.4) is 0 Å². The van der Waals surface area contributed by atoms with E-state index >= 15 is 0 Å². The lowest BCUT2D eigenvalue weighted by Gasteiger charge is -2.33. The Bertz CT molecular complexity index is 1130. The topological polar surface area (TPSA) is 66.5 Å². The van der Waals surface area contributed by atoms with Gasteiger partial charge in [-0.25, -0.2) is 0 Å². The molecule has 0 radical (unpaired) electrons. The number of amides is 1. The number of benzene rings is 3. The van der Waals surface area contributed by atoms with E-state index in [0.29, 0.717) is 35.1 Å². The fourth-order valence-electron chi connectivity index (χ4n) is 3.28. The van der Waals surface area contributed by atoms with E-state index < -0.39 is 0 Å². The zero-order valence-corrected chi connectivity index (χ0v) is 21.1. The van der Waals surface area contributed by atoms with Gasteiger partial charge in [0, 0.05) is 17.7 Å². The number of carbonyl (C=O) groups excluding carboxylic acids is 1. The van der Waals surface area contributed by atoms with Crippen molar-refractivity contribution in [2.24, 2.45) is 0 Å². The third-order valence-corrected chi connectivity index (χ3v) is 5.89. The van der Waals surface area contributed by atoms with Crippen LogP contribution in [0, 0.1) is 0 Å². The third kappa shape index (κ3) is 6.42. The Morgan fingerprint density at radius 3 is 1.89 bits per heavy atom. The van der Waals surface area contributed by atoms with Gasteiger partial charge in [-0.1, -0.05) is 49.0 Å². The zero-order valence-electron chi connectivity index (χ0n) is 20.3. The van der Waals surface area contributed by atoms with Crippen LogP contribution in [0.25, 0.3) is 0 Å². The molecule has 184 valence electrons. The minimum absolute atomic E-state index is 0.0794. The molecule has 0 spiro atoms. The minimum atomic E-state index is -0.0794. The van der Waals surface area contributed by atoms with Crippen LogP contribution in [0.1, 0.15) is 5.56 Å². The van der Waals surface area contributed by atoms with Crippen molar-refractivity contribution in [3.63, 3.8) is 0 Å². The van der Waals surface area contributed by atoms with Crippen LogP contribution >= 0.6 is 12.0 Å². The van der Waals surface area contributed by atoms with Crippen molar-refractivity contribution in [2.75, 3.05) is 39.9 Å². The Morgan fingerprint density at radius 2 is 1.37 bits per heavy atom. The largest absolute Gasteiger partial charge is 0.493 e. The minimum Gasteiger partial charge on any atom is -0.493 e. The zero-order chi connectivity index (χ0) is 25.2. The molecule has 7 nitrogen and oxygen atoms in total. The molecule has 0 N–H and O–H groups in total. The van der Waals surface area contributed by atoms with Crippen molar-refractivity contribution in [1.29, 1.82) is 0 Å². The molecule has 1 aliphatic rings. The first-order valence-electron chi connectivity index (χ1n) is 10.8. The van der Waals surface area contributed by atoms with Crippen molar-refractivity contribution in [2.45, 2.75) is 5.75 Å². The number of para-hydroxylation sites is 2. The van der Waals surface area contributed by atoms with Crippen molar-refractivity contribution < 1.29 is 27.9 Å². The number of anilines is 1. The molecule has 0 aromatic heterocycles. The summed E-state index contributed by atoms with van der Waals surface area (Å²) in [5.74, 6) is 3.82. The molecule has 8 heteroatoms. The molecule has 0 unspecified atom stereocenters. The Labute approximate surface area is 210 Å². The molecular weight excluding hydrogens is 466 g/mol. The highest BCUT2D eigenvalue weighted by Crippen LogP contribution is 2.42. The summed E-state index contributed by atoms with van der Waals surface area (Å²) < 4.78 is 26.5. The van der Waals surface area contributed by atoms with Crippen LogP contribution in [0.5, 0.6) is 28.7 Å². The number of β-lactam (4-membered cyclic amide) rings is 1. The van der Waals surface area contributed by atoms with E-state index in [1.807, 2.05) is 42.5 Å². The monoisotopic (exact) mass is 495 g/mol. The number of rotatable bonds is 9. The molecule has 3 aromatic rings. The molecule has 35 heavy (non-hydrogen) atoms. The lowest BCUT2D eigenvalue weighted by Crippen LogP contribution is -2.45. The van der Waals surface area contributed by atoms with E-state index in [2.05, 4.69) is 18.7 Å². The second kappa shape index (κ2) is 12.6. The number of methoxy groups -OCH3 is 4.